The summed E-state index contributed by atoms with van der Waals surface area (Å²) in [7, 11) is 0. The third-order valence-corrected chi connectivity index (χ3v) is 10.7. The molecule has 4 fully saturated rings. The van der Waals surface area contributed by atoms with Gasteiger partial charge < -0.3 is 20.5 Å². The van der Waals surface area contributed by atoms with E-state index in [1.807, 2.05) is 18.2 Å². The van der Waals surface area contributed by atoms with Gasteiger partial charge >= 0.3 is 5.69 Å². The minimum atomic E-state index is -0.447. The van der Waals surface area contributed by atoms with E-state index in [2.05, 4.69) is 48.2 Å². The van der Waals surface area contributed by atoms with Gasteiger partial charge in [0, 0.05) is 48.0 Å². The van der Waals surface area contributed by atoms with Crippen LogP contribution in [0, 0.1) is 23.2 Å². The van der Waals surface area contributed by atoms with E-state index in [-0.39, 0.29) is 18.1 Å². The molecule has 2 bridgehead atoms. The highest BCUT2D eigenvalue weighted by Crippen LogP contribution is 2.61. The van der Waals surface area contributed by atoms with Crippen LogP contribution in [0.2, 0.25) is 10.0 Å². The number of hydrogen-bond donors (Lipinski definition) is 3. The maximum Gasteiger partial charge on any atom is 0.328 e. The average molecular weight is 612 g/mol. The Morgan fingerprint density at radius 1 is 1.12 bits per heavy atom. The highest BCUT2D eigenvalue weighted by molar-refractivity contribution is 6.35. The Bertz CT molecular complexity index is 1650. The summed E-state index contributed by atoms with van der Waals surface area (Å²) >= 11 is 12.3. The lowest BCUT2D eigenvalue weighted by atomic mass is 9.45. The second kappa shape index (κ2) is 11.4. The van der Waals surface area contributed by atoms with Gasteiger partial charge in [0.2, 0.25) is 0 Å². The first-order valence-electron chi connectivity index (χ1n) is 15.0. The number of anilines is 1. The van der Waals surface area contributed by atoms with Crippen LogP contribution in [0.4, 0.5) is 5.69 Å². The summed E-state index contributed by atoms with van der Waals surface area (Å²) in [6, 6.07) is 11.4. The zero-order chi connectivity index (χ0) is 29.8. The summed E-state index contributed by atoms with van der Waals surface area (Å²) in [6.45, 7) is 12.2. The molecule has 5 atom stereocenters. The normalized spacial score (nSPS) is 27.1. The van der Waals surface area contributed by atoms with Gasteiger partial charge in [-0.15, -0.1) is 0 Å². The summed E-state index contributed by atoms with van der Waals surface area (Å²) in [5, 5.41) is 8.62. The number of aromatic amines is 1. The third-order valence-electron chi connectivity index (χ3n) is 10.1. The smallest absolute Gasteiger partial charge is 0.328 e. The molecular weight excluding hydrogens is 571 g/mol. The molecule has 3 aromatic rings. The number of nitrogens with zero attached hydrogens (tertiary/aromatic N) is 3. The van der Waals surface area contributed by atoms with Crippen LogP contribution in [0.25, 0.3) is 10.9 Å². The molecule has 2 aromatic carbocycles. The number of piperazine rings is 1. The fraction of sp³-hybridized carbons (Fsp3) is 0.531. The molecule has 224 valence electrons. The van der Waals surface area contributed by atoms with Crippen molar-refractivity contribution in [2.45, 2.75) is 65.6 Å². The van der Waals surface area contributed by atoms with E-state index in [4.69, 9.17) is 28.2 Å². The maximum absolute atomic E-state index is 13.3. The fourth-order valence-electron chi connectivity index (χ4n) is 7.39. The van der Waals surface area contributed by atoms with Crippen molar-refractivity contribution in [2.24, 2.45) is 28.2 Å². The SMILES string of the molecule is C[C@H]1[C@@H](N=C(Nc2ccc3c(=O)n(CCc4ccc(Cl)cc4Cl)c(=O)[nH]c3c2)N2CCN[C@@H](C)C2)C[C@@H]2C[C@@H]1C2(C)C. The van der Waals surface area contributed by atoms with E-state index in [0.717, 1.165) is 49.2 Å². The molecule has 3 aliphatic carbocycles. The number of halogens is 2. The number of aryl methyl sites for hydroxylation is 1. The summed E-state index contributed by atoms with van der Waals surface area (Å²) in [6.07, 6.45) is 2.87. The Hall–Kier alpha value is -2.81. The predicted molar refractivity (Wildman–Crippen MR) is 172 cm³/mol. The van der Waals surface area contributed by atoms with Crippen molar-refractivity contribution in [2.75, 3.05) is 25.0 Å². The lowest BCUT2D eigenvalue weighted by Crippen LogP contribution is -2.57. The molecule has 1 aliphatic heterocycles. The molecule has 8 nitrogen and oxygen atoms in total. The van der Waals surface area contributed by atoms with Gasteiger partial charge in [0.05, 0.1) is 16.9 Å². The molecule has 10 heteroatoms. The fourth-order valence-corrected chi connectivity index (χ4v) is 7.89. The minimum absolute atomic E-state index is 0.210. The van der Waals surface area contributed by atoms with Gasteiger partial charge in [0.1, 0.15) is 0 Å². The van der Waals surface area contributed by atoms with E-state index < -0.39 is 5.69 Å². The van der Waals surface area contributed by atoms with Crippen molar-refractivity contribution < 1.29 is 0 Å². The molecule has 2 heterocycles. The number of rotatable bonds is 5. The molecule has 7 rings (SSSR count). The van der Waals surface area contributed by atoms with Gasteiger partial charge in [0.15, 0.2) is 5.96 Å². The van der Waals surface area contributed by atoms with Crippen molar-refractivity contribution in [3.63, 3.8) is 0 Å². The summed E-state index contributed by atoms with van der Waals surface area (Å²) in [5.41, 5.74) is 1.75. The molecular formula is C32H40Cl2N6O2. The lowest BCUT2D eigenvalue weighted by Gasteiger charge is -2.61. The zero-order valence-electron chi connectivity index (χ0n) is 24.7. The van der Waals surface area contributed by atoms with Gasteiger partial charge in [-0.3, -0.25) is 9.36 Å². The maximum atomic E-state index is 13.3. The molecule has 42 heavy (non-hydrogen) atoms. The molecule has 3 N–H and O–H groups in total. The lowest BCUT2D eigenvalue weighted by molar-refractivity contribution is -0.108. The molecule has 1 aromatic heterocycles. The first-order chi connectivity index (χ1) is 20.0. The van der Waals surface area contributed by atoms with Crippen LogP contribution < -0.4 is 21.9 Å². The van der Waals surface area contributed by atoms with Crippen molar-refractivity contribution in [3.05, 3.63) is 72.8 Å². The zero-order valence-corrected chi connectivity index (χ0v) is 26.2. The number of benzene rings is 2. The summed E-state index contributed by atoms with van der Waals surface area (Å²) in [4.78, 5) is 37.0. The summed E-state index contributed by atoms with van der Waals surface area (Å²) in [5.74, 6) is 2.82. The van der Waals surface area contributed by atoms with Crippen molar-refractivity contribution in [1.82, 2.24) is 19.8 Å². The number of nitrogens with one attached hydrogen (secondary N) is 3. The van der Waals surface area contributed by atoms with E-state index in [1.165, 1.54) is 11.0 Å². The van der Waals surface area contributed by atoms with Crippen LogP contribution in [0.15, 0.2) is 51.0 Å². The van der Waals surface area contributed by atoms with Gasteiger partial charge in [-0.05, 0) is 85.3 Å². The number of aliphatic imine (C=N–C) groups is 1. The Balaban J connectivity index is 1.27. The molecule has 0 spiro atoms. The number of hydrogen-bond acceptors (Lipinski definition) is 4. The summed E-state index contributed by atoms with van der Waals surface area (Å²) < 4.78 is 1.23. The molecule has 0 radical (unpaired) electrons. The van der Waals surface area contributed by atoms with Crippen LogP contribution in [-0.4, -0.2) is 52.1 Å². The van der Waals surface area contributed by atoms with Crippen LogP contribution in [0.1, 0.15) is 46.1 Å². The van der Waals surface area contributed by atoms with Crippen LogP contribution >= 0.6 is 23.2 Å². The first-order valence-corrected chi connectivity index (χ1v) is 15.8. The highest BCUT2D eigenvalue weighted by Gasteiger charge is 2.56. The standard InChI is InChI=1S/C32H40Cl2N6O2/c1-18-17-39(12-10-35-18)30(37-27-14-21-13-25(19(27)2)32(21,3)4)36-23-7-8-24-28(16-23)38-31(42)40(29(24)41)11-9-20-5-6-22(33)15-26(20)34/h5-8,15-16,18-19,21,25,27,35H,9-14,17H2,1-4H3,(H,36,37)(H,38,42)/t18-,19+,21-,25-,27-/m0/s1. The van der Waals surface area contributed by atoms with Gasteiger partial charge in [-0.2, -0.15) is 0 Å². The van der Waals surface area contributed by atoms with Crippen LogP contribution in [0.3, 0.4) is 0 Å². The largest absolute Gasteiger partial charge is 0.340 e. The van der Waals surface area contributed by atoms with Crippen LogP contribution in [-0.2, 0) is 13.0 Å². The molecule has 0 amide bonds. The third kappa shape index (κ3) is 5.49. The Kier molecular flexibility index (Phi) is 7.92. The predicted octanol–water partition coefficient (Wildman–Crippen LogP) is 5.37. The van der Waals surface area contributed by atoms with Crippen molar-refractivity contribution in [3.8, 4) is 0 Å². The second-order valence-electron chi connectivity index (χ2n) is 13.0. The van der Waals surface area contributed by atoms with Crippen LogP contribution in [0.5, 0.6) is 0 Å². The minimum Gasteiger partial charge on any atom is -0.340 e. The molecule has 3 saturated carbocycles. The molecule has 0 unspecified atom stereocenters. The first kappa shape index (κ1) is 29.3. The average Bonchev–Trinajstić information content (AvgIpc) is 2.94. The van der Waals surface area contributed by atoms with E-state index in [0.29, 0.717) is 50.7 Å². The van der Waals surface area contributed by atoms with E-state index >= 15 is 0 Å². The number of H-pyrrole nitrogens is 1. The van der Waals surface area contributed by atoms with E-state index in [1.54, 1.807) is 18.2 Å². The Labute approximate surface area is 256 Å². The quantitative estimate of drug-likeness (QED) is 0.267. The van der Waals surface area contributed by atoms with Gasteiger partial charge in [-0.1, -0.05) is 50.0 Å². The molecule has 4 aliphatic rings. The highest BCUT2D eigenvalue weighted by atomic mass is 35.5. The molecule has 1 saturated heterocycles. The Morgan fingerprint density at radius 2 is 1.93 bits per heavy atom. The number of guanidine groups is 1. The number of aromatic nitrogens is 2. The van der Waals surface area contributed by atoms with E-state index in [9.17, 15) is 9.59 Å². The monoisotopic (exact) mass is 610 g/mol. The van der Waals surface area contributed by atoms with Crippen molar-refractivity contribution >= 4 is 45.8 Å². The number of fused-ring (bicyclic) bond motifs is 3. The Morgan fingerprint density at radius 3 is 2.64 bits per heavy atom. The van der Waals surface area contributed by atoms with Gasteiger partial charge in [0.25, 0.3) is 5.56 Å². The second-order valence-corrected chi connectivity index (χ2v) is 13.9. The topological polar surface area (TPSA) is 94.5 Å². The van der Waals surface area contributed by atoms with Gasteiger partial charge in [-0.25, -0.2) is 9.79 Å². The van der Waals surface area contributed by atoms with Crippen molar-refractivity contribution in [1.29, 1.82) is 0 Å².